The summed E-state index contributed by atoms with van der Waals surface area (Å²) in [4.78, 5) is 0. The van der Waals surface area contributed by atoms with E-state index in [1.54, 1.807) is 0 Å². The van der Waals surface area contributed by atoms with E-state index in [0.29, 0.717) is 0 Å². The van der Waals surface area contributed by atoms with Crippen molar-refractivity contribution < 1.29 is 0 Å². The summed E-state index contributed by atoms with van der Waals surface area (Å²) in [7, 11) is 0. The van der Waals surface area contributed by atoms with Gasteiger partial charge in [-0.15, -0.1) is 0 Å². The second-order valence-electron chi connectivity index (χ2n) is 4.13. The average Bonchev–Trinajstić information content (AvgIpc) is 2.38. The van der Waals surface area contributed by atoms with Gasteiger partial charge in [0.15, 0.2) is 0 Å². The number of fused-ring (bicyclic) bond motifs is 1. The molecule has 0 radical (unpaired) electrons. The van der Waals surface area contributed by atoms with Gasteiger partial charge in [0.05, 0.1) is 0 Å². The molecule has 0 aliphatic rings. The summed E-state index contributed by atoms with van der Waals surface area (Å²) in [5, 5.41) is 2.66. The molecule has 0 saturated heterocycles. The number of unbranched alkanes of at least 4 members (excludes halogenated alkanes) is 1. The molecule has 0 aromatic heterocycles. The number of benzene rings is 2. The van der Waals surface area contributed by atoms with E-state index in [-0.39, 0.29) is 20.9 Å². The van der Waals surface area contributed by atoms with Crippen LogP contribution in [0.3, 0.4) is 0 Å². The van der Waals surface area contributed by atoms with E-state index in [9.17, 15) is 0 Å². The molecular formula is C16H18Te. The molecule has 0 fully saturated rings. The van der Waals surface area contributed by atoms with Crippen LogP contribution in [0.15, 0.2) is 46.6 Å². The van der Waals surface area contributed by atoms with Crippen molar-refractivity contribution in [2.45, 2.75) is 24.2 Å². The van der Waals surface area contributed by atoms with Gasteiger partial charge >= 0.3 is 114 Å². The van der Waals surface area contributed by atoms with Gasteiger partial charge in [0.2, 0.25) is 0 Å². The summed E-state index contributed by atoms with van der Waals surface area (Å²) in [5.41, 5.74) is 1.34. The molecule has 17 heavy (non-hydrogen) atoms. The Morgan fingerprint density at radius 3 is 2.71 bits per heavy atom. The SMILES string of the molecule is CCCC[Te]/C=C\c1ccc2ccccc2c1. The fraction of sp³-hybridized carbons (Fsp3) is 0.250. The van der Waals surface area contributed by atoms with Crippen molar-refractivity contribution in [1.29, 1.82) is 0 Å². The van der Waals surface area contributed by atoms with Crippen LogP contribution in [0.5, 0.6) is 0 Å². The van der Waals surface area contributed by atoms with E-state index in [2.05, 4.69) is 59.6 Å². The van der Waals surface area contributed by atoms with Gasteiger partial charge in [-0.25, -0.2) is 0 Å². The number of rotatable bonds is 5. The Balaban J connectivity index is 2.04. The average molecular weight is 338 g/mol. The van der Waals surface area contributed by atoms with E-state index in [0.717, 1.165) is 0 Å². The van der Waals surface area contributed by atoms with E-state index in [4.69, 9.17) is 0 Å². The molecule has 0 bridgehead atoms. The zero-order valence-electron chi connectivity index (χ0n) is 10.2. The monoisotopic (exact) mass is 340 g/mol. The molecule has 0 aliphatic carbocycles. The van der Waals surface area contributed by atoms with Crippen molar-refractivity contribution in [3.05, 3.63) is 52.2 Å². The molecule has 0 nitrogen and oxygen atoms in total. The third-order valence-electron chi connectivity index (χ3n) is 2.75. The Labute approximate surface area is 114 Å². The van der Waals surface area contributed by atoms with E-state index in [1.807, 2.05) is 0 Å². The standard InChI is InChI=1S/C16H18Te/c1-2-3-11-17-12-10-14-8-9-15-6-4-5-7-16(15)13-14/h4-10,12-13H,2-3,11H2,1H3/b12-10-. The van der Waals surface area contributed by atoms with Gasteiger partial charge in [-0.3, -0.25) is 0 Å². The van der Waals surface area contributed by atoms with Crippen LogP contribution in [-0.2, 0) is 0 Å². The summed E-state index contributed by atoms with van der Waals surface area (Å²) < 4.78 is 3.86. The molecule has 0 unspecified atom stereocenters. The second kappa shape index (κ2) is 6.84. The predicted octanol–water partition coefficient (Wildman–Crippen LogP) is 4.73. The molecule has 0 aliphatic heterocycles. The Morgan fingerprint density at radius 2 is 1.88 bits per heavy atom. The normalized spacial score (nSPS) is 11.4. The molecule has 0 atom stereocenters. The molecule has 2 aromatic rings. The number of hydrogen-bond donors (Lipinski definition) is 0. The molecule has 2 rings (SSSR count). The third-order valence-corrected chi connectivity index (χ3v) is 5.18. The predicted molar refractivity (Wildman–Crippen MR) is 78.5 cm³/mol. The molecule has 2 aromatic carbocycles. The van der Waals surface area contributed by atoms with Gasteiger partial charge in [0.1, 0.15) is 0 Å². The van der Waals surface area contributed by atoms with Crippen molar-refractivity contribution in [3.63, 3.8) is 0 Å². The minimum absolute atomic E-state index is 0.0994. The zero-order chi connectivity index (χ0) is 11.9. The molecule has 0 N–H and O–H groups in total. The zero-order valence-corrected chi connectivity index (χ0v) is 12.6. The third kappa shape index (κ3) is 3.87. The summed E-state index contributed by atoms with van der Waals surface area (Å²) in [5.74, 6) is 0. The topological polar surface area (TPSA) is 0 Å². The summed E-state index contributed by atoms with van der Waals surface area (Å²) >= 11 is 0.0994. The van der Waals surface area contributed by atoms with E-state index < -0.39 is 0 Å². The van der Waals surface area contributed by atoms with Crippen LogP contribution < -0.4 is 0 Å². The van der Waals surface area contributed by atoms with Crippen molar-refractivity contribution in [1.82, 2.24) is 0 Å². The Hall–Kier alpha value is -0.770. The molecule has 0 amide bonds. The molecule has 88 valence electrons. The molecular weight excluding hydrogens is 320 g/mol. The maximum absolute atomic E-state index is 2.42. The van der Waals surface area contributed by atoms with Crippen LogP contribution in [-0.4, -0.2) is 20.9 Å². The van der Waals surface area contributed by atoms with Gasteiger partial charge in [-0.05, 0) is 0 Å². The summed E-state index contributed by atoms with van der Waals surface area (Å²) in [6.45, 7) is 2.26. The molecule has 0 heterocycles. The van der Waals surface area contributed by atoms with Gasteiger partial charge in [-0.2, -0.15) is 0 Å². The van der Waals surface area contributed by atoms with E-state index in [1.165, 1.54) is 33.6 Å². The van der Waals surface area contributed by atoms with Gasteiger partial charge < -0.3 is 0 Å². The van der Waals surface area contributed by atoms with Crippen molar-refractivity contribution in [3.8, 4) is 0 Å². The Bertz CT molecular complexity index is 500. The number of hydrogen-bond acceptors (Lipinski definition) is 0. The Morgan fingerprint density at radius 1 is 1.06 bits per heavy atom. The fourth-order valence-corrected chi connectivity index (χ4v) is 4.14. The molecule has 0 spiro atoms. The first kappa shape index (κ1) is 12.7. The summed E-state index contributed by atoms with van der Waals surface area (Å²) in [6.07, 6.45) is 5.02. The van der Waals surface area contributed by atoms with Gasteiger partial charge in [0.25, 0.3) is 0 Å². The van der Waals surface area contributed by atoms with Crippen LogP contribution in [0, 0.1) is 0 Å². The van der Waals surface area contributed by atoms with Crippen LogP contribution in [0.4, 0.5) is 0 Å². The van der Waals surface area contributed by atoms with E-state index >= 15 is 0 Å². The first-order chi connectivity index (χ1) is 8.40. The van der Waals surface area contributed by atoms with Crippen LogP contribution in [0.25, 0.3) is 16.8 Å². The van der Waals surface area contributed by atoms with Crippen molar-refractivity contribution in [2.75, 3.05) is 0 Å². The van der Waals surface area contributed by atoms with Gasteiger partial charge in [-0.1, -0.05) is 0 Å². The van der Waals surface area contributed by atoms with Crippen LogP contribution >= 0.6 is 0 Å². The van der Waals surface area contributed by atoms with Crippen LogP contribution in [0.2, 0.25) is 4.47 Å². The van der Waals surface area contributed by atoms with Crippen LogP contribution in [0.1, 0.15) is 25.3 Å². The molecule has 0 saturated carbocycles. The van der Waals surface area contributed by atoms with Gasteiger partial charge in [0, 0.05) is 0 Å². The molecule has 1 heteroatoms. The Kier molecular flexibility index (Phi) is 5.10. The second-order valence-corrected chi connectivity index (χ2v) is 7.03. The van der Waals surface area contributed by atoms with Crippen molar-refractivity contribution >= 4 is 37.8 Å². The quantitative estimate of drug-likeness (QED) is 0.546. The minimum atomic E-state index is 0.0994. The maximum atomic E-state index is 2.42. The fourth-order valence-electron chi connectivity index (χ4n) is 1.73. The first-order valence-corrected chi connectivity index (χ1v) is 9.16. The van der Waals surface area contributed by atoms with Crippen molar-refractivity contribution in [2.24, 2.45) is 0 Å². The first-order valence-electron chi connectivity index (χ1n) is 6.17. The summed E-state index contributed by atoms with van der Waals surface area (Å²) in [6, 6.07) is 15.2.